The van der Waals surface area contributed by atoms with Crippen molar-refractivity contribution in [3.63, 3.8) is 0 Å². The first-order chi connectivity index (χ1) is 8.07. The molecule has 3 heteroatoms. The molecular formula is C14H17NO2. The zero-order valence-electron chi connectivity index (χ0n) is 10.4. The number of nitrogens with zero attached hydrogens (tertiary/aromatic N) is 1. The van der Waals surface area contributed by atoms with Gasteiger partial charge in [0.1, 0.15) is 5.75 Å². The Labute approximate surface area is 102 Å². The lowest BCUT2D eigenvalue weighted by Gasteiger charge is -2.27. The van der Waals surface area contributed by atoms with Gasteiger partial charge in [0.25, 0.3) is 0 Å². The predicted octanol–water partition coefficient (Wildman–Crippen LogP) is 3.29. The number of hydrogen-bond acceptors (Lipinski definition) is 3. The zero-order chi connectivity index (χ0) is 12.7. The van der Waals surface area contributed by atoms with Crippen LogP contribution < -0.4 is 4.74 Å². The lowest BCUT2D eigenvalue weighted by Crippen LogP contribution is -2.35. The van der Waals surface area contributed by atoms with Crippen LogP contribution in [-0.4, -0.2) is 11.9 Å². The van der Waals surface area contributed by atoms with Crippen LogP contribution in [0.4, 0.5) is 0 Å². The highest BCUT2D eigenvalue weighted by molar-refractivity contribution is 5.21. The molecule has 90 valence electrons. The van der Waals surface area contributed by atoms with Crippen molar-refractivity contribution in [2.45, 2.75) is 32.7 Å². The molecule has 0 spiro atoms. The summed E-state index contributed by atoms with van der Waals surface area (Å²) < 4.78 is 11.2. The van der Waals surface area contributed by atoms with E-state index < -0.39 is 11.9 Å². The van der Waals surface area contributed by atoms with Crippen LogP contribution in [0.2, 0.25) is 0 Å². The Morgan fingerprint density at radius 1 is 1.29 bits per heavy atom. The smallest absolute Gasteiger partial charge is 0.206 e. The molecule has 0 unspecified atom stereocenters. The van der Waals surface area contributed by atoms with Crippen molar-refractivity contribution in [3.05, 3.63) is 42.5 Å². The molecule has 1 atom stereocenters. The van der Waals surface area contributed by atoms with Crippen LogP contribution in [0, 0.1) is 11.3 Å². The SMILES string of the molecule is C/C=C/[C@H](C#N)OC(C)(C)Oc1ccccc1. The van der Waals surface area contributed by atoms with Gasteiger partial charge in [-0.05, 0) is 25.1 Å². The fourth-order valence-electron chi connectivity index (χ4n) is 1.39. The molecule has 0 aliphatic heterocycles. The number of ether oxygens (including phenoxy) is 2. The molecule has 0 aromatic heterocycles. The molecule has 0 aliphatic rings. The summed E-state index contributed by atoms with van der Waals surface area (Å²) in [5.74, 6) is -0.129. The number of benzene rings is 1. The quantitative estimate of drug-likeness (QED) is 0.577. The molecule has 0 saturated heterocycles. The second kappa shape index (κ2) is 6.07. The van der Waals surface area contributed by atoms with E-state index in [4.69, 9.17) is 14.7 Å². The van der Waals surface area contributed by atoms with E-state index in [2.05, 4.69) is 6.07 Å². The molecule has 0 saturated carbocycles. The minimum atomic E-state index is -0.846. The summed E-state index contributed by atoms with van der Waals surface area (Å²) in [5.41, 5.74) is 0. The first-order valence-electron chi connectivity index (χ1n) is 5.52. The number of rotatable bonds is 5. The Bertz CT molecular complexity index is 404. The summed E-state index contributed by atoms with van der Waals surface area (Å²) in [6.45, 7) is 5.42. The Hall–Kier alpha value is -1.79. The molecule has 0 amide bonds. The highest BCUT2D eigenvalue weighted by Gasteiger charge is 2.24. The predicted molar refractivity (Wildman–Crippen MR) is 66.4 cm³/mol. The summed E-state index contributed by atoms with van der Waals surface area (Å²) in [7, 11) is 0. The third-order valence-electron chi connectivity index (χ3n) is 2.01. The van der Waals surface area contributed by atoms with Crippen molar-refractivity contribution in [2.24, 2.45) is 0 Å². The Morgan fingerprint density at radius 2 is 1.94 bits per heavy atom. The van der Waals surface area contributed by atoms with Gasteiger partial charge < -0.3 is 9.47 Å². The van der Waals surface area contributed by atoms with Crippen LogP contribution >= 0.6 is 0 Å². The van der Waals surface area contributed by atoms with E-state index in [-0.39, 0.29) is 0 Å². The largest absolute Gasteiger partial charge is 0.463 e. The molecule has 17 heavy (non-hydrogen) atoms. The van der Waals surface area contributed by atoms with Crippen molar-refractivity contribution >= 4 is 0 Å². The summed E-state index contributed by atoms with van der Waals surface area (Å²) in [6.07, 6.45) is 2.88. The highest BCUT2D eigenvalue weighted by atomic mass is 16.7. The fourth-order valence-corrected chi connectivity index (χ4v) is 1.39. The van der Waals surface area contributed by atoms with E-state index in [1.165, 1.54) is 0 Å². The summed E-state index contributed by atoms with van der Waals surface area (Å²) in [5, 5.41) is 8.90. The van der Waals surface area contributed by atoms with Crippen LogP contribution in [0.1, 0.15) is 20.8 Å². The van der Waals surface area contributed by atoms with Crippen molar-refractivity contribution in [3.8, 4) is 11.8 Å². The Morgan fingerprint density at radius 3 is 2.47 bits per heavy atom. The van der Waals surface area contributed by atoms with Crippen LogP contribution in [-0.2, 0) is 4.74 Å². The highest BCUT2D eigenvalue weighted by Crippen LogP contribution is 2.20. The first kappa shape index (κ1) is 13.3. The third kappa shape index (κ3) is 4.71. The third-order valence-corrected chi connectivity index (χ3v) is 2.01. The number of nitriles is 1. The molecule has 1 aromatic rings. The first-order valence-corrected chi connectivity index (χ1v) is 5.52. The molecule has 1 rings (SSSR count). The van der Waals surface area contributed by atoms with Gasteiger partial charge in [0.2, 0.25) is 5.79 Å². The van der Waals surface area contributed by atoms with Gasteiger partial charge in [0.15, 0.2) is 6.10 Å². The van der Waals surface area contributed by atoms with Crippen LogP contribution in [0.3, 0.4) is 0 Å². The molecule has 0 radical (unpaired) electrons. The van der Waals surface area contributed by atoms with Crippen LogP contribution in [0.15, 0.2) is 42.5 Å². The number of allylic oxidation sites excluding steroid dienone is 1. The minimum Gasteiger partial charge on any atom is -0.463 e. The van der Waals surface area contributed by atoms with Gasteiger partial charge in [0, 0.05) is 13.8 Å². The molecule has 0 fully saturated rings. The van der Waals surface area contributed by atoms with Gasteiger partial charge in [-0.3, -0.25) is 0 Å². The Kier molecular flexibility index (Phi) is 4.74. The lowest BCUT2D eigenvalue weighted by molar-refractivity contribution is -0.163. The average Bonchev–Trinajstić information content (AvgIpc) is 2.29. The van der Waals surface area contributed by atoms with Crippen LogP contribution in [0.25, 0.3) is 0 Å². The maximum atomic E-state index is 8.90. The average molecular weight is 231 g/mol. The summed E-state index contributed by atoms with van der Waals surface area (Å²) in [4.78, 5) is 0. The minimum absolute atomic E-state index is 0.598. The molecule has 0 N–H and O–H groups in total. The topological polar surface area (TPSA) is 42.2 Å². The molecular weight excluding hydrogens is 214 g/mol. The number of hydrogen-bond donors (Lipinski definition) is 0. The van der Waals surface area contributed by atoms with Crippen LogP contribution in [0.5, 0.6) is 5.75 Å². The van der Waals surface area contributed by atoms with E-state index >= 15 is 0 Å². The molecule has 0 heterocycles. The van der Waals surface area contributed by atoms with Gasteiger partial charge in [-0.15, -0.1) is 0 Å². The molecule has 0 bridgehead atoms. The zero-order valence-corrected chi connectivity index (χ0v) is 10.4. The second-order valence-corrected chi connectivity index (χ2v) is 4.01. The van der Waals surface area contributed by atoms with Crippen molar-refractivity contribution in [1.82, 2.24) is 0 Å². The number of para-hydroxylation sites is 1. The van der Waals surface area contributed by atoms with E-state index in [9.17, 15) is 0 Å². The Balaban J connectivity index is 2.66. The van der Waals surface area contributed by atoms with Gasteiger partial charge in [-0.25, -0.2) is 0 Å². The van der Waals surface area contributed by atoms with Crippen molar-refractivity contribution in [1.29, 1.82) is 5.26 Å². The van der Waals surface area contributed by atoms with E-state index in [0.717, 1.165) is 5.75 Å². The summed E-state index contributed by atoms with van der Waals surface area (Å²) >= 11 is 0. The van der Waals surface area contributed by atoms with Gasteiger partial charge >= 0.3 is 0 Å². The normalized spacial score (nSPS) is 13.3. The molecule has 0 aliphatic carbocycles. The standard InChI is InChI=1S/C14H17NO2/c1-4-8-13(11-15)17-14(2,3)16-12-9-6-5-7-10-12/h4-10,13H,1-3H3/b8-4+/t13-/m1/s1. The fraction of sp³-hybridized carbons (Fsp3) is 0.357. The van der Waals surface area contributed by atoms with Crippen molar-refractivity contribution < 1.29 is 9.47 Å². The van der Waals surface area contributed by atoms with Gasteiger partial charge in [-0.2, -0.15) is 5.26 Å². The molecule has 1 aromatic carbocycles. The monoisotopic (exact) mass is 231 g/mol. The van der Waals surface area contributed by atoms with Gasteiger partial charge in [0.05, 0.1) is 6.07 Å². The second-order valence-electron chi connectivity index (χ2n) is 4.01. The van der Waals surface area contributed by atoms with Gasteiger partial charge in [-0.1, -0.05) is 24.3 Å². The van der Waals surface area contributed by atoms with Crippen molar-refractivity contribution in [2.75, 3.05) is 0 Å². The lowest BCUT2D eigenvalue weighted by atomic mass is 10.3. The maximum Gasteiger partial charge on any atom is 0.206 e. The molecule has 3 nitrogen and oxygen atoms in total. The maximum absolute atomic E-state index is 8.90. The summed E-state index contributed by atoms with van der Waals surface area (Å²) in [6, 6.07) is 11.4. The van der Waals surface area contributed by atoms with E-state index in [1.54, 1.807) is 26.0 Å². The van der Waals surface area contributed by atoms with E-state index in [0.29, 0.717) is 0 Å². The van der Waals surface area contributed by atoms with E-state index in [1.807, 2.05) is 37.3 Å².